The molecule has 6 atom stereocenters. The summed E-state index contributed by atoms with van der Waals surface area (Å²) in [7, 11) is -4.45. The largest absolute Gasteiger partial charge is 0.509 e. The van der Waals surface area contributed by atoms with Crippen LogP contribution in [0.25, 0.3) is 11.2 Å². The van der Waals surface area contributed by atoms with Crippen LogP contribution >= 0.6 is 19.3 Å². The first-order valence-electron chi connectivity index (χ1n) is 15.5. The lowest BCUT2D eigenvalue weighted by Gasteiger charge is -2.26. The van der Waals surface area contributed by atoms with Gasteiger partial charge in [0.25, 0.3) is 0 Å². The number of nitrogens with two attached hydrogens (primary N) is 1. The number of para-hydroxylation sites is 1. The van der Waals surface area contributed by atoms with Crippen molar-refractivity contribution in [3.63, 3.8) is 0 Å². The Morgan fingerprint density at radius 1 is 1.14 bits per heavy atom. The predicted molar refractivity (Wildman–Crippen MR) is 172 cm³/mol. The topological polar surface area (TPSA) is 215 Å². The molecule has 17 nitrogen and oxygen atoms in total. The van der Waals surface area contributed by atoms with Gasteiger partial charge in [0.05, 0.1) is 25.1 Å². The van der Waals surface area contributed by atoms with Crippen LogP contribution in [0.3, 0.4) is 0 Å². The maximum absolute atomic E-state index is 14.5. The Labute approximate surface area is 286 Å². The lowest BCUT2D eigenvalue weighted by atomic mass is 9.96. The minimum absolute atomic E-state index is 0.00636. The molecule has 2 aliphatic heterocycles. The third-order valence-electron chi connectivity index (χ3n) is 7.49. The number of imidazole rings is 1. The van der Waals surface area contributed by atoms with Crippen molar-refractivity contribution < 1.29 is 51.7 Å². The third kappa shape index (κ3) is 8.07. The Morgan fingerprint density at radius 3 is 2.57 bits per heavy atom. The number of nitrogens with zero attached hydrogens (tertiary/aromatic N) is 4. The number of carbonyl (C=O) groups is 3. The van der Waals surface area contributed by atoms with E-state index in [0.29, 0.717) is 5.56 Å². The van der Waals surface area contributed by atoms with Crippen LogP contribution in [0.5, 0.6) is 5.75 Å². The summed E-state index contributed by atoms with van der Waals surface area (Å²) < 4.78 is 55.7. The number of fused-ring (bicyclic) bond motifs is 2. The van der Waals surface area contributed by atoms with Gasteiger partial charge in [0.1, 0.15) is 23.4 Å². The number of halogens is 1. The molecule has 3 aromatic rings. The number of nitrogen functional groups attached to an aromatic ring is 1. The minimum Gasteiger partial charge on any atom is -0.463 e. The van der Waals surface area contributed by atoms with Crippen LogP contribution in [0.15, 0.2) is 30.6 Å². The summed E-state index contributed by atoms with van der Waals surface area (Å²) in [5, 5.41) is 2.64. The summed E-state index contributed by atoms with van der Waals surface area (Å²) in [5.41, 5.74) is 5.35. The quantitative estimate of drug-likeness (QED) is 0.103. The third-order valence-corrected chi connectivity index (χ3v) is 9.39. The second-order valence-corrected chi connectivity index (χ2v) is 14.2. The van der Waals surface area contributed by atoms with Crippen molar-refractivity contribution in [1.29, 1.82) is 0 Å². The number of anilines is 1. The molecule has 2 fully saturated rings. The van der Waals surface area contributed by atoms with E-state index in [1.54, 1.807) is 58.9 Å². The van der Waals surface area contributed by atoms with Gasteiger partial charge in [0, 0.05) is 6.42 Å². The van der Waals surface area contributed by atoms with Gasteiger partial charge in [0.15, 0.2) is 28.7 Å². The predicted octanol–water partition coefficient (Wildman–Crippen LogP) is 4.27. The van der Waals surface area contributed by atoms with Crippen molar-refractivity contribution in [3.8, 4) is 5.75 Å². The van der Waals surface area contributed by atoms with Crippen LogP contribution in [-0.2, 0) is 48.8 Å². The summed E-state index contributed by atoms with van der Waals surface area (Å²) in [4.78, 5) is 49.8. The molecular weight excluding hydrogens is 687 g/mol. The molecule has 2 aliphatic rings. The Kier molecular flexibility index (Phi) is 10.7. The molecule has 2 aromatic heterocycles. The first-order chi connectivity index (χ1) is 23.1. The van der Waals surface area contributed by atoms with Crippen molar-refractivity contribution in [2.75, 3.05) is 12.3 Å². The van der Waals surface area contributed by atoms with Crippen molar-refractivity contribution in [2.24, 2.45) is 0 Å². The van der Waals surface area contributed by atoms with Gasteiger partial charge >= 0.3 is 25.8 Å². The molecule has 5 rings (SSSR count). The number of hydrogen-bond donors (Lipinski definition) is 2. The van der Waals surface area contributed by atoms with Gasteiger partial charge in [-0.3, -0.25) is 18.7 Å². The maximum Gasteiger partial charge on any atom is 0.509 e. The lowest BCUT2D eigenvalue weighted by Crippen LogP contribution is -2.42. The highest BCUT2D eigenvalue weighted by molar-refractivity contribution is 7.52. The highest BCUT2D eigenvalue weighted by atomic mass is 35.5. The average molecular weight is 725 g/mol. The Hall–Kier alpha value is -4.02. The minimum atomic E-state index is -4.45. The van der Waals surface area contributed by atoms with E-state index in [2.05, 4.69) is 20.0 Å². The van der Waals surface area contributed by atoms with Gasteiger partial charge in [-0.05, 0) is 59.6 Å². The summed E-state index contributed by atoms with van der Waals surface area (Å²) in [6.07, 6.45) is -3.31. The standard InChI is InChI=1S/C30H38ClN6O11P/c1-15(2)43-21(38)12-11-18-9-7-8-10-19(18)48-49(41,36-17(5)26(39)44-16(3)4)42-13-20-23-30(6,47-29(40)46-23)27(45-20)37-14-33-22-24(31)34-28(32)35-25(22)37/h7-10,14-17,20,23,27H,11-13H2,1-6H3,(H,36,41)(H2,32,34,35)/t17?,20-,23-,27-,30-,49?/m1/s1. The summed E-state index contributed by atoms with van der Waals surface area (Å²) in [5.74, 6) is -1.12. The Bertz CT molecular complexity index is 1770. The highest BCUT2D eigenvalue weighted by Crippen LogP contribution is 2.51. The number of esters is 2. The molecule has 0 saturated carbocycles. The normalized spacial score (nSPS) is 23.5. The summed E-state index contributed by atoms with van der Waals surface area (Å²) >= 11 is 6.22. The fourth-order valence-corrected chi connectivity index (χ4v) is 7.16. The lowest BCUT2D eigenvalue weighted by molar-refractivity contribution is -0.149. The van der Waals surface area contributed by atoms with E-state index in [9.17, 15) is 18.9 Å². The number of carbonyl (C=O) groups excluding carboxylic acids is 3. The number of hydrogen-bond acceptors (Lipinski definition) is 15. The molecule has 49 heavy (non-hydrogen) atoms. The molecule has 2 unspecified atom stereocenters. The number of nitrogens with one attached hydrogen (secondary N) is 1. The van der Waals surface area contributed by atoms with E-state index in [4.69, 9.17) is 50.1 Å². The van der Waals surface area contributed by atoms with E-state index in [0.717, 1.165) is 0 Å². The molecule has 4 heterocycles. The van der Waals surface area contributed by atoms with Crippen LogP contribution in [0.1, 0.15) is 59.8 Å². The van der Waals surface area contributed by atoms with Crippen LogP contribution < -0.4 is 15.3 Å². The van der Waals surface area contributed by atoms with Gasteiger partial charge in [-0.1, -0.05) is 29.8 Å². The van der Waals surface area contributed by atoms with Crippen molar-refractivity contribution in [2.45, 2.75) is 96.7 Å². The second-order valence-electron chi connectivity index (χ2n) is 12.2. The number of benzene rings is 1. The zero-order valence-electron chi connectivity index (χ0n) is 27.7. The molecule has 0 spiro atoms. The fraction of sp³-hybridized carbons (Fsp3) is 0.533. The summed E-state index contributed by atoms with van der Waals surface area (Å²) in [6.45, 7) is 9.38. The summed E-state index contributed by atoms with van der Waals surface area (Å²) in [6, 6.07) is 5.47. The van der Waals surface area contributed by atoms with E-state index in [-0.39, 0.29) is 47.0 Å². The van der Waals surface area contributed by atoms with Gasteiger partial charge in [-0.15, -0.1) is 0 Å². The average Bonchev–Trinajstić information content (AvgIpc) is 3.63. The smallest absolute Gasteiger partial charge is 0.463 e. The zero-order chi connectivity index (χ0) is 35.7. The number of rotatable bonds is 14. The molecule has 0 bridgehead atoms. The second kappa shape index (κ2) is 14.5. The molecule has 0 amide bonds. The number of aromatic nitrogens is 4. The first kappa shape index (κ1) is 36.3. The van der Waals surface area contributed by atoms with Crippen molar-refractivity contribution >= 4 is 54.6 Å². The maximum atomic E-state index is 14.5. The molecule has 2 saturated heterocycles. The molecule has 266 valence electrons. The van der Waals surface area contributed by atoms with E-state index in [1.807, 2.05) is 0 Å². The first-order valence-corrected chi connectivity index (χ1v) is 17.4. The Balaban J connectivity index is 1.41. The van der Waals surface area contributed by atoms with Crippen LogP contribution in [-0.4, -0.2) is 80.3 Å². The van der Waals surface area contributed by atoms with E-state index < -0.39 is 68.6 Å². The van der Waals surface area contributed by atoms with Crippen LogP contribution in [0.4, 0.5) is 10.7 Å². The zero-order valence-corrected chi connectivity index (χ0v) is 29.3. The molecule has 1 aromatic carbocycles. The van der Waals surface area contributed by atoms with Gasteiger partial charge in [0.2, 0.25) is 5.95 Å². The van der Waals surface area contributed by atoms with E-state index >= 15 is 0 Å². The molecule has 19 heteroatoms. The SMILES string of the molecule is CC(C)OC(=O)CCc1ccccc1OP(=O)(NC(C)C(=O)OC(C)C)OC[C@H]1O[C@@H](n2cnc3c(Cl)nc(N)nc32)[C@]2(C)OC(=O)O[C@H]12. The molecular formula is C30H38ClN6O11P. The monoisotopic (exact) mass is 724 g/mol. The highest BCUT2D eigenvalue weighted by Gasteiger charge is 2.64. The van der Waals surface area contributed by atoms with Crippen molar-refractivity contribution in [3.05, 3.63) is 41.3 Å². The van der Waals surface area contributed by atoms with Crippen LogP contribution in [0, 0.1) is 0 Å². The molecule has 0 radical (unpaired) electrons. The van der Waals surface area contributed by atoms with Gasteiger partial charge in [-0.2, -0.15) is 15.1 Å². The van der Waals surface area contributed by atoms with Gasteiger partial charge in [-0.25, -0.2) is 14.3 Å². The fourth-order valence-electron chi connectivity index (χ4n) is 5.40. The molecule has 0 aliphatic carbocycles. The van der Waals surface area contributed by atoms with E-state index in [1.165, 1.54) is 17.8 Å². The van der Waals surface area contributed by atoms with Gasteiger partial charge < -0.3 is 33.9 Å². The van der Waals surface area contributed by atoms with Crippen molar-refractivity contribution in [1.82, 2.24) is 24.6 Å². The number of ether oxygens (including phenoxy) is 5. The van der Waals surface area contributed by atoms with Crippen LogP contribution in [0.2, 0.25) is 5.15 Å². The molecule has 3 N–H and O–H groups in total. The Morgan fingerprint density at radius 2 is 1.86 bits per heavy atom. The number of aryl methyl sites for hydroxylation is 1.